The average molecular weight is 191 g/mol. The molecule has 1 aromatic carbocycles. The maximum absolute atomic E-state index is 13.3. The fourth-order valence-electron chi connectivity index (χ4n) is 1.26. The van der Waals surface area contributed by atoms with Crippen molar-refractivity contribution in [2.24, 2.45) is 0 Å². The van der Waals surface area contributed by atoms with E-state index in [9.17, 15) is 4.39 Å². The Morgan fingerprint density at radius 3 is 2.64 bits per heavy atom. The Hall–Kier alpha value is -1.84. The van der Waals surface area contributed by atoms with Crippen LogP contribution >= 0.6 is 0 Å². The number of aromatic nitrogens is 2. The van der Waals surface area contributed by atoms with Gasteiger partial charge in [-0.2, -0.15) is 5.10 Å². The highest BCUT2D eigenvalue weighted by atomic mass is 19.1. The second-order valence-corrected chi connectivity index (χ2v) is 3.08. The number of para-hydroxylation sites is 1. The van der Waals surface area contributed by atoms with Gasteiger partial charge in [0.25, 0.3) is 0 Å². The van der Waals surface area contributed by atoms with Gasteiger partial charge in [-0.15, -0.1) is 0 Å². The van der Waals surface area contributed by atoms with E-state index in [2.05, 4.69) is 5.10 Å². The number of hydrogen-bond acceptors (Lipinski definition) is 2. The van der Waals surface area contributed by atoms with E-state index < -0.39 is 0 Å². The summed E-state index contributed by atoms with van der Waals surface area (Å²) in [5.74, 6) is 0.136. The van der Waals surface area contributed by atoms with Gasteiger partial charge in [-0.1, -0.05) is 12.1 Å². The molecule has 0 saturated carbocycles. The maximum atomic E-state index is 13.3. The topological polar surface area (TPSA) is 43.8 Å². The van der Waals surface area contributed by atoms with Crippen molar-refractivity contribution in [3.05, 3.63) is 41.8 Å². The number of hydrogen-bond donors (Lipinski definition) is 1. The summed E-state index contributed by atoms with van der Waals surface area (Å²) in [6.45, 7) is 1.83. The third kappa shape index (κ3) is 1.25. The molecule has 72 valence electrons. The zero-order valence-corrected chi connectivity index (χ0v) is 7.74. The van der Waals surface area contributed by atoms with Gasteiger partial charge >= 0.3 is 0 Å². The van der Waals surface area contributed by atoms with E-state index in [1.54, 1.807) is 24.4 Å². The molecule has 4 heteroatoms. The maximum Gasteiger partial charge on any atom is 0.148 e. The molecule has 14 heavy (non-hydrogen) atoms. The van der Waals surface area contributed by atoms with Crippen LogP contribution in [-0.4, -0.2) is 9.78 Å². The van der Waals surface area contributed by atoms with Gasteiger partial charge in [-0.25, -0.2) is 9.07 Å². The summed E-state index contributed by atoms with van der Waals surface area (Å²) >= 11 is 0. The molecule has 3 nitrogen and oxygen atoms in total. The van der Waals surface area contributed by atoms with Crippen molar-refractivity contribution < 1.29 is 4.39 Å². The third-order valence-electron chi connectivity index (χ3n) is 2.08. The third-order valence-corrected chi connectivity index (χ3v) is 2.08. The summed E-state index contributed by atoms with van der Waals surface area (Å²) in [5.41, 5.74) is 6.95. The number of anilines is 1. The number of benzene rings is 1. The lowest BCUT2D eigenvalue weighted by Crippen LogP contribution is -2.04. The molecular formula is C10H10FN3. The molecule has 1 aromatic heterocycles. The van der Waals surface area contributed by atoms with Gasteiger partial charge in [0, 0.05) is 5.56 Å². The number of nitrogens with two attached hydrogens (primary N) is 1. The Bertz CT molecular complexity index is 462. The van der Waals surface area contributed by atoms with E-state index in [0.717, 1.165) is 5.56 Å². The largest absolute Gasteiger partial charge is 0.383 e. The molecule has 0 aliphatic rings. The predicted octanol–water partition coefficient (Wildman–Crippen LogP) is 1.90. The van der Waals surface area contributed by atoms with E-state index in [-0.39, 0.29) is 5.82 Å². The van der Waals surface area contributed by atoms with Crippen LogP contribution in [0.2, 0.25) is 0 Å². The molecule has 0 amide bonds. The van der Waals surface area contributed by atoms with Gasteiger partial charge in [-0.3, -0.25) is 0 Å². The molecule has 0 unspecified atom stereocenters. The highest BCUT2D eigenvalue weighted by Gasteiger charge is 2.08. The minimum Gasteiger partial charge on any atom is -0.383 e. The lowest BCUT2D eigenvalue weighted by Gasteiger charge is -2.04. The molecule has 2 aromatic rings. The normalized spacial score (nSPS) is 10.4. The Balaban J connectivity index is 2.60. The van der Waals surface area contributed by atoms with Gasteiger partial charge in [0.2, 0.25) is 0 Å². The number of halogens is 1. The molecule has 0 bridgehead atoms. The fourth-order valence-corrected chi connectivity index (χ4v) is 1.26. The molecule has 0 aliphatic carbocycles. The van der Waals surface area contributed by atoms with Crippen LogP contribution in [0, 0.1) is 12.7 Å². The van der Waals surface area contributed by atoms with Gasteiger partial charge in [0.1, 0.15) is 17.3 Å². The van der Waals surface area contributed by atoms with Crippen LogP contribution in [0.25, 0.3) is 5.69 Å². The molecule has 2 rings (SSSR count). The second kappa shape index (κ2) is 3.14. The van der Waals surface area contributed by atoms with Crippen molar-refractivity contribution in [1.82, 2.24) is 9.78 Å². The molecule has 0 atom stereocenters. The molecule has 0 radical (unpaired) electrons. The SMILES string of the molecule is Cc1cnn(-c2ccccc2F)c1N. The van der Waals surface area contributed by atoms with E-state index in [0.29, 0.717) is 11.5 Å². The van der Waals surface area contributed by atoms with Crippen molar-refractivity contribution in [2.75, 3.05) is 5.73 Å². The van der Waals surface area contributed by atoms with Crippen molar-refractivity contribution in [3.63, 3.8) is 0 Å². The van der Waals surface area contributed by atoms with Crippen LogP contribution in [0.15, 0.2) is 30.5 Å². The zero-order valence-electron chi connectivity index (χ0n) is 7.74. The molecule has 0 aliphatic heterocycles. The van der Waals surface area contributed by atoms with Crippen molar-refractivity contribution >= 4 is 5.82 Å². The van der Waals surface area contributed by atoms with Crippen LogP contribution in [0.3, 0.4) is 0 Å². The summed E-state index contributed by atoms with van der Waals surface area (Å²) in [5, 5.41) is 4.00. The lowest BCUT2D eigenvalue weighted by atomic mass is 10.3. The molecule has 2 N–H and O–H groups in total. The van der Waals surface area contributed by atoms with Crippen molar-refractivity contribution in [1.29, 1.82) is 0 Å². The highest BCUT2D eigenvalue weighted by molar-refractivity contribution is 5.46. The first-order valence-corrected chi connectivity index (χ1v) is 4.25. The van der Waals surface area contributed by atoms with Crippen LogP contribution in [0.4, 0.5) is 10.2 Å². The molecule has 1 heterocycles. The van der Waals surface area contributed by atoms with E-state index in [1.165, 1.54) is 10.7 Å². The van der Waals surface area contributed by atoms with Crippen molar-refractivity contribution in [3.8, 4) is 5.69 Å². The molecule has 0 spiro atoms. The number of aryl methyl sites for hydroxylation is 1. The summed E-state index contributed by atoms with van der Waals surface area (Å²) < 4.78 is 14.7. The zero-order chi connectivity index (χ0) is 10.1. The van der Waals surface area contributed by atoms with Crippen molar-refractivity contribution in [2.45, 2.75) is 6.92 Å². The van der Waals surface area contributed by atoms with E-state index in [1.807, 2.05) is 6.92 Å². The highest BCUT2D eigenvalue weighted by Crippen LogP contribution is 2.18. The Kier molecular flexibility index (Phi) is 1.96. The van der Waals surface area contributed by atoms with Gasteiger partial charge in [-0.05, 0) is 19.1 Å². The van der Waals surface area contributed by atoms with Crippen LogP contribution in [0.1, 0.15) is 5.56 Å². The number of nitrogens with zero attached hydrogens (tertiary/aromatic N) is 2. The Morgan fingerprint density at radius 2 is 2.07 bits per heavy atom. The van der Waals surface area contributed by atoms with E-state index in [4.69, 9.17) is 5.73 Å². The molecular weight excluding hydrogens is 181 g/mol. The number of rotatable bonds is 1. The molecule has 0 fully saturated rings. The van der Waals surface area contributed by atoms with Gasteiger partial charge in [0.05, 0.1) is 6.20 Å². The Labute approximate surface area is 81.0 Å². The van der Waals surface area contributed by atoms with Crippen LogP contribution in [-0.2, 0) is 0 Å². The van der Waals surface area contributed by atoms with E-state index >= 15 is 0 Å². The first kappa shape index (κ1) is 8.74. The van der Waals surface area contributed by atoms with Gasteiger partial charge < -0.3 is 5.73 Å². The smallest absolute Gasteiger partial charge is 0.148 e. The summed E-state index contributed by atoms with van der Waals surface area (Å²) in [4.78, 5) is 0. The summed E-state index contributed by atoms with van der Waals surface area (Å²) in [6.07, 6.45) is 1.61. The standard InChI is InChI=1S/C10H10FN3/c1-7-6-13-14(10(7)12)9-5-3-2-4-8(9)11/h2-6H,12H2,1H3. The minimum atomic E-state index is -0.331. The van der Waals surface area contributed by atoms with Crippen LogP contribution in [0.5, 0.6) is 0 Å². The average Bonchev–Trinajstić information content (AvgIpc) is 2.49. The fraction of sp³-hybridized carbons (Fsp3) is 0.100. The number of nitrogen functional groups attached to an aromatic ring is 1. The Morgan fingerprint density at radius 1 is 1.36 bits per heavy atom. The lowest BCUT2D eigenvalue weighted by molar-refractivity contribution is 0.612. The van der Waals surface area contributed by atoms with Gasteiger partial charge in [0.15, 0.2) is 0 Å². The first-order valence-electron chi connectivity index (χ1n) is 4.25. The van der Waals surface area contributed by atoms with Crippen LogP contribution < -0.4 is 5.73 Å². The monoisotopic (exact) mass is 191 g/mol. The first-order chi connectivity index (χ1) is 6.70. The second-order valence-electron chi connectivity index (χ2n) is 3.08. The summed E-state index contributed by atoms with van der Waals surface area (Å²) in [6, 6.07) is 6.39. The summed E-state index contributed by atoms with van der Waals surface area (Å²) in [7, 11) is 0. The predicted molar refractivity (Wildman–Crippen MR) is 52.7 cm³/mol. The quantitative estimate of drug-likeness (QED) is 0.748. The molecule has 0 saturated heterocycles. The minimum absolute atomic E-state index is 0.331.